The van der Waals surface area contributed by atoms with Gasteiger partial charge in [-0.1, -0.05) is 36.0 Å². The van der Waals surface area contributed by atoms with Gasteiger partial charge in [-0.15, -0.1) is 11.3 Å². The van der Waals surface area contributed by atoms with E-state index in [0.717, 1.165) is 22.5 Å². The Kier molecular flexibility index (Phi) is 6.43. The Balaban J connectivity index is 1.76. The lowest BCUT2D eigenvalue weighted by Crippen LogP contribution is -2.27. The number of hydrogen-bond acceptors (Lipinski definition) is 6. The van der Waals surface area contributed by atoms with E-state index in [-0.39, 0.29) is 11.5 Å². The Morgan fingerprint density at radius 1 is 1.12 bits per heavy atom. The first-order valence-corrected chi connectivity index (χ1v) is 12.2. The van der Waals surface area contributed by atoms with Crippen molar-refractivity contribution in [2.75, 3.05) is 11.4 Å². The number of thiazole rings is 1. The Hall–Kier alpha value is -2.97. The summed E-state index contributed by atoms with van der Waals surface area (Å²) in [6, 6.07) is 13.4. The number of carbonyl (C=O) groups excluding carboxylic acids is 1. The summed E-state index contributed by atoms with van der Waals surface area (Å²) in [6.07, 6.45) is 0. The number of benzene rings is 2. The van der Waals surface area contributed by atoms with E-state index in [1.807, 2.05) is 68.6 Å². The van der Waals surface area contributed by atoms with E-state index in [1.165, 1.54) is 23.1 Å². The SMILES string of the molecule is CCN(C(C)=O)c1nc(CSc2nc3ccccc3c(=O)n2-c2cccc(C)c2C)cs1. The molecule has 0 radical (unpaired) electrons. The minimum absolute atomic E-state index is 0.0268. The second-order valence-electron chi connectivity index (χ2n) is 7.44. The van der Waals surface area contributed by atoms with Crippen LogP contribution >= 0.6 is 23.1 Å². The van der Waals surface area contributed by atoms with Crippen molar-refractivity contribution in [3.63, 3.8) is 0 Å². The van der Waals surface area contributed by atoms with Gasteiger partial charge in [0.05, 0.1) is 22.3 Å². The third-order valence-corrected chi connectivity index (χ3v) is 7.26. The molecule has 0 atom stereocenters. The average molecular weight is 465 g/mol. The van der Waals surface area contributed by atoms with Crippen LogP contribution in [0.15, 0.2) is 57.8 Å². The van der Waals surface area contributed by atoms with Crippen LogP contribution in [0, 0.1) is 13.8 Å². The molecule has 4 rings (SSSR count). The maximum absolute atomic E-state index is 13.5. The molecule has 164 valence electrons. The molecule has 0 N–H and O–H groups in total. The molecule has 0 aliphatic rings. The van der Waals surface area contributed by atoms with Crippen LogP contribution in [0.1, 0.15) is 30.7 Å². The molecule has 0 unspecified atom stereocenters. The number of aromatic nitrogens is 3. The van der Waals surface area contributed by atoms with Crippen LogP contribution in [-0.2, 0) is 10.5 Å². The Morgan fingerprint density at radius 3 is 2.66 bits per heavy atom. The molecule has 0 aliphatic carbocycles. The number of rotatable bonds is 6. The molecule has 4 aromatic rings. The summed E-state index contributed by atoms with van der Waals surface area (Å²) in [6.45, 7) is 8.11. The molecule has 0 spiro atoms. The van der Waals surface area contributed by atoms with Gasteiger partial charge in [0.2, 0.25) is 5.91 Å². The van der Waals surface area contributed by atoms with E-state index in [1.54, 1.807) is 16.4 Å². The molecule has 1 amide bonds. The normalized spacial score (nSPS) is 11.1. The fraction of sp³-hybridized carbons (Fsp3) is 0.250. The molecule has 2 heterocycles. The highest BCUT2D eigenvalue weighted by Crippen LogP contribution is 2.29. The number of fused-ring (bicyclic) bond motifs is 1. The maximum atomic E-state index is 13.5. The van der Waals surface area contributed by atoms with Gasteiger partial charge in [-0.3, -0.25) is 19.1 Å². The first-order valence-electron chi connectivity index (χ1n) is 10.3. The molecule has 8 heteroatoms. The number of para-hydroxylation sites is 1. The van der Waals surface area contributed by atoms with Gasteiger partial charge in [0.15, 0.2) is 10.3 Å². The highest BCUT2D eigenvalue weighted by atomic mass is 32.2. The number of thioether (sulfide) groups is 1. The first-order chi connectivity index (χ1) is 15.4. The van der Waals surface area contributed by atoms with Gasteiger partial charge >= 0.3 is 0 Å². The summed E-state index contributed by atoms with van der Waals surface area (Å²) in [5.41, 5.74) is 4.44. The number of anilines is 1. The predicted octanol–water partition coefficient (Wildman–Crippen LogP) is 5.12. The second-order valence-corrected chi connectivity index (χ2v) is 9.22. The number of aryl methyl sites for hydroxylation is 1. The molecular weight excluding hydrogens is 440 g/mol. The van der Waals surface area contributed by atoms with Gasteiger partial charge in [-0.25, -0.2) is 9.97 Å². The zero-order valence-electron chi connectivity index (χ0n) is 18.5. The van der Waals surface area contributed by atoms with Crippen molar-refractivity contribution in [1.82, 2.24) is 14.5 Å². The highest BCUT2D eigenvalue weighted by Gasteiger charge is 2.17. The van der Waals surface area contributed by atoms with Crippen molar-refractivity contribution >= 4 is 45.0 Å². The topological polar surface area (TPSA) is 68.1 Å². The van der Waals surface area contributed by atoms with E-state index in [9.17, 15) is 9.59 Å². The predicted molar refractivity (Wildman–Crippen MR) is 132 cm³/mol. The van der Waals surface area contributed by atoms with Crippen LogP contribution in [0.3, 0.4) is 0 Å². The lowest BCUT2D eigenvalue weighted by Gasteiger charge is -2.16. The molecule has 0 aliphatic heterocycles. The Labute approximate surface area is 194 Å². The summed E-state index contributed by atoms with van der Waals surface area (Å²) in [7, 11) is 0. The quantitative estimate of drug-likeness (QED) is 0.292. The van der Waals surface area contributed by atoms with Gasteiger partial charge in [-0.2, -0.15) is 0 Å². The van der Waals surface area contributed by atoms with Crippen molar-refractivity contribution in [3.8, 4) is 5.69 Å². The molecule has 0 saturated heterocycles. The number of carbonyl (C=O) groups is 1. The summed E-state index contributed by atoms with van der Waals surface area (Å²) in [5.74, 6) is 0.516. The van der Waals surface area contributed by atoms with Crippen LogP contribution in [0.5, 0.6) is 0 Å². The van der Waals surface area contributed by atoms with E-state index < -0.39 is 0 Å². The monoisotopic (exact) mass is 464 g/mol. The molecule has 2 aromatic carbocycles. The van der Waals surface area contributed by atoms with E-state index >= 15 is 0 Å². The van der Waals surface area contributed by atoms with Crippen molar-refractivity contribution < 1.29 is 4.79 Å². The smallest absolute Gasteiger partial charge is 0.266 e. The van der Waals surface area contributed by atoms with Crippen molar-refractivity contribution in [1.29, 1.82) is 0 Å². The standard InChI is InChI=1S/C24H24N4O2S2/c1-5-27(17(4)29)23-25-18(13-31-23)14-32-24-26-20-11-7-6-10-19(20)22(30)28(24)21-12-8-9-15(2)16(21)3/h6-13H,5,14H2,1-4H3. The summed E-state index contributed by atoms with van der Waals surface area (Å²) >= 11 is 2.92. The number of nitrogens with zero attached hydrogens (tertiary/aromatic N) is 4. The van der Waals surface area contributed by atoms with E-state index in [0.29, 0.717) is 33.5 Å². The maximum Gasteiger partial charge on any atom is 0.266 e. The zero-order chi connectivity index (χ0) is 22.8. The van der Waals surface area contributed by atoms with Gasteiger partial charge in [-0.05, 0) is 50.1 Å². The second kappa shape index (κ2) is 9.26. The van der Waals surface area contributed by atoms with Crippen LogP contribution in [0.2, 0.25) is 0 Å². The summed E-state index contributed by atoms with van der Waals surface area (Å²) in [5, 5.41) is 3.86. The minimum Gasteiger partial charge on any atom is -0.289 e. The van der Waals surface area contributed by atoms with Crippen LogP contribution in [-0.4, -0.2) is 27.0 Å². The van der Waals surface area contributed by atoms with Crippen molar-refractivity contribution in [3.05, 3.63) is 75.0 Å². The fourth-order valence-corrected chi connectivity index (χ4v) is 5.45. The van der Waals surface area contributed by atoms with Crippen LogP contribution in [0.25, 0.3) is 16.6 Å². The highest BCUT2D eigenvalue weighted by molar-refractivity contribution is 7.98. The minimum atomic E-state index is -0.0838. The van der Waals surface area contributed by atoms with Gasteiger partial charge in [0.25, 0.3) is 5.56 Å². The molecular formula is C24H24N4O2S2. The van der Waals surface area contributed by atoms with E-state index in [4.69, 9.17) is 4.98 Å². The largest absolute Gasteiger partial charge is 0.289 e. The van der Waals surface area contributed by atoms with Crippen molar-refractivity contribution in [2.24, 2.45) is 0 Å². The first kappa shape index (κ1) is 22.2. The summed E-state index contributed by atoms with van der Waals surface area (Å²) < 4.78 is 1.70. The van der Waals surface area contributed by atoms with Crippen LogP contribution in [0.4, 0.5) is 5.13 Å². The molecule has 0 saturated carbocycles. The number of hydrogen-bond donors (Lipinski definition) is 0. The molecule has 0 bridgehead atoms. The molecule has 2 aromatic heterocycles. The Morgan fingerprint density at radius 2 is 1.91 bits per heavy atom. The van der Waals surface area contributed by atoms with Crippen molar-refractivity contribution in [2.45, 2.75) is 38.6 Å². The van der Waals surface area contributed by atoms with Gasteiger partial charge < -0.3 is 0 Å². The van der Waals surface area contributed by atoms with Gasteiger partial charge in [0.1, 0.15) is 0 Å². The molecule has 0 fully saturated rings. The third kappa shape index (κ3) is 4.20. The zero-order valence-corrected chi connectivity index (χ0v) is 20.1. The fourth-order valence-electron chi connectivity index (χ4n) is 3.52. The van der Waals surface area contributed by atoms with E-state index in [2.05, 4.69) is 4.98 Å². The lowest BCUT2D eigenvalue weighted by molar-refractivity contribution is -0.116. The summed E-state index contributed by atoms with van der Waals surface area (Å²) in [4.78, 5) is 36.4. The average Bonchev–Trinajstić information content (AvgIpc) is 3.23. The Bertz CT molecular complexity index is 1360. The van der Waals surface area contributed by atoms with Crippen LogP contribution < -0.4 is 10.5 Å². The van der Waals surface area contributed by atoms with Gasteiger partial charge in [0, 0.05) is 24.6 Å². The third-order valence-electron chi connectivity index (χ3n) is 5.38. The lowest BCUT2D eigenvalue weighted by atomic mass is 10.1. The molecule has 6 nitrogen and oxygen atoms in total. The number of amides is 1. The molecule has 32 heavy (non-hydrogen) atoms.